The highest BCUT2D eigenvalue weighted by Gasteiger charge is 2.31. The number of sulfonamides is 1. The summed E-state index contributed by atoms with van der Waals surface area (Å²) < 4.78 is 25.6. The molecule has 0 spiro atoms. The number of rotatable bonds is 5. The van der Waals surface area contributed by atoms with Crippen LogP contribution in [-0.2, 0) is 25.2 Å². The van der Waals surface area contributed by atoms with E-state index in [1.165, 1.54) is 30.9 Å². The van der Waals surface area contributed by atoms with Crippen molar-refractivity contribution >= 4 is 27.6 Å². The van der Waals surface area contributed by atoms with E-state index >= 15 is 0 Å². The first-order valence-corrected chi connectivity index (χ1v) is 8.30. The molecule has 0 aromatic carbocycles. The first-order valence-electron chi connectivity index (χ1n) is 6.69. The lowest BCUT2D eigenvalue weighted by Crippen LogP contribution is -2.36. The molecule has 1 aromatic rings. The molecule has 10 heteroatoms. The van der Waals surface area contributed by atoms with E-state index in [1.54, 1.807) is 0 Å². The van der Waals surface area contributed by atoms with Gasteiger partial charge in [-0.15, -0.1) is 0 Å². The Kier molecular flexibility index (Phi) is 4.25. The summed E-state index contributed by atoms with van der Waals surface area (Å²) in [6.07, 6.45) is 3.23. The monoisotopic (exact) mass is 330 g/mol. The molecule has 0 unspecified atom stereocenters. The number of hydrogen-bond acceptors (Lipinski definition) is 5. The van der Waals surface area contributed by atoms with Gasteiger partial charge in [0.1, 0.15) is 0 Å². The third-order valence-electron chi connectivity index (χ3n) is 3.49. The SMILES string of the molecule is CC(C)(C(=O)O)n1cc(NC(=O)CN2CCCS2(=O)=O)cn1. The van der Waals surface area contributed by atoms with Crippen molar-refractivity contribution in [2.24, 2.45) is 0 Å². The number of carboxylic acid groups (broad SMARTS) is 1. The molecule has 1 aromatic heterocycles. The minimum absolute atomic E-state index is 0.0605. The van der Waals surface area contributed by atoms with E-state index < -0.39 is 27.4 Å². The van der Waals surface area contributed by atoms with Crippen molar-refractivity contribution in [1.29, 1.82) is 0 Å². The van der Waals surface area contributed by atoms with E-state index in [-0.39, 0.29) is 12.3 Å². The molecule has 2 N–H and O–H groups in total. The van der Waals surface area contributed by atoms with Gasteiger partial charge in [-0.05, 0) is 20.3 Å². The number of amides is 1. The Bertz CT molecular complexity index is 694. The molecule has 2 rings (SSSR count). The Labute approximate surface area is 128 Å². The molecule has 22 heavy (non-hydrogen) atoms. The number of carboxylic acids is 1. The van der Waals surface area contributed by atoms with Gasteiger partial charge in [0.05, 0.1) is 24.2 Å². The van der Waals surface area contributed by atoms with Gasteiger partial charge < -0.3 is 10.4 Å². The fourth-order valence-corrected chi connectivity index (χ4v) is 3.49. The quantitative estimate of drug-likeness (QED) is 0.763. The van der Waals surface area contributed by atoms with Crippen LogP contribution in [0.5, 0.6) is 0 Å². The predicted octanol–water partition coefficient (Wildman–Crippen LogP) is -0.323. The fraction of sp³-hybridized carbons (Fsp3) is 0.583. The van der Waals surface area contributed by atoms with Crippen molar-refractivity contribution in [2.75, 3.05) is 24.2 Å². The second-order valence-electron chi connectivity index (χ2n) is 5.59. The third kappa shape index (κ3) is 3.28. The van der Waals surface area contributed by atoms with Crippen LogP contribution < -0.4 is 5.32 Å². The molecular weight excluding hydrogens is 312 g/mol. The van der Waals surface area contributed by atoms with Crippen molar-refractivity contribution in [3.05, 3.63) is 12.4 Å². The van der Waals surface area contributed by atoms with Gasteiger partial charge in [0.15, 0.2) is 5.54 Å². The Morgan fingerprint density at radius 1 is 1.45 bits per heavy atom. The number of carbonyl (C=O) groups excluding carboxylic acids is 1. The number of aromatic nitrogens is 2. The summed E-state index contributed by atoms with van der Waals surface area (Å²) in [4.78, 5) is 23.0. The molecule has 0 atom stereocenters. The van der Waals surface area contributed by atoms with Crippen molar-refractivity contribution in [3.63, 3.8) is 0 Å². The summed E-state index contributed by atoms with van der Waals surface area (Å²) in [5, 5.41) is 15.5. The van der Waals surface area contributed by atoms with Crippen LogP contribution in [0.25, 0.3) is 0 Å². The first-order chi connectivity index (χ1) is 10.1. The second kappa shape index (κ2) is 5.69. The van der Waals surface area contributed by atoms with Crippen LogP contribution >= 0.6 is 0 Å². The van der Waals surface area contributed by atoms with Crippen LogP contribution in [0.1, 0.15) is 20.3 Å². The van der Waals surface area contributed by atoms with Crippen LogP contribution in [0.3, 0.4) is 0 Å². The topological polar surface area (TPSA) is 122 Å². The zero-order valence-corrected chi connectivity index (χ0v) is 13.1. The average molecular weight is 330 g/mol. The van der Waals surface area contributed by atoms with Crippen LogP contribution in [-0.4, -0.2) is 58.3 Å². The fourth-order valence-electron chi connectivity index (χ4n) is 2.02. The van der Waals surface area contributed by atoms with Crippen molar-refractivity contribution in [2.45, 2.75) is 25.8 Å². The zero-order chi connectivity index (χ0) is 16.5. The molecule has 122 valence electrons. The van der Waals surface area contributed by atoms with Crippen LogP contribution in [0.4, 0.5) is 5.69 Å². The Balaban J connectivity index is 2.01. The standard InChI is InChI=1S/C12H18N4O5S/c1-12(2,11(18)19)16-7-9(6-13-16)14-10(17)8-15-4-3-5-22(15,20)21/h6-7H,3-5,8H2,1-2H3,(H,14,17)(H,18,19). The molecule has 0 aliphatic carbocycles. The maximum absolute atomic E-state index is 11.9. The molecule has 1 aliphatic rings. The summed E-state index contributed by atoms with van der Waals surface area (Å²) >= 11 is 0. The van der Waals surface area contributed by atoms with E-state index in [4.69, 9.17) is 5.11 Å². The maximum Gasteiger partial charge on any atom is 0.331 e. The van der Waals surface area contributed by atoms with Crippen molar-refractivity contribution in [3.8, 4) is 0 Å². The number of anilines is 1. The molecule has 2 heterocycles. The van der Waals surface area contributed by atoms with Gasteiger partial charge in [-0.2, -0.15) is 9.40 Å². The number of aliphatic carboxylic acids is 1. The van der Waals surface area contributed by atoms with E-state index in [1.807, 2.05) is 0 Å². The van der Waals surface area contributed by atoms with Gasteiger partial charge in [-0.1, -0.05) is 0 Å². The molecule has 1 saturated heterocycles. The van der Waals surface area contributed by atoms with Gasteiger partial charge in [-0.3, -0.25) is 9.48 Å². The van der Waals surface area contributed by atoms with Crippen molar-refractivity contribution in [1.82, 2.24) is 14.1 Å². The molecule has 9 nitrogen and oxygen atoms in total. The average Bonchev–Trinajstić information content (AvgIpc) is 2.97. The smallest absolute Gasteiger partial charge is 0.331 e. The van der Waals surface area contributed by atoms with Crippen LogP contribution in [0.2, 0.25) is 0 Å². The number of hydrogen-bond donors (Lipinski definition) is 2. The molecule has 0 saturated carbocycles. The minimum Gasteiger partial charge on any atom is -0.479 e. The van der Waals surface area contributed by atoms with E-state index in [0.717, 1.165) is 4.31 Å². The molecule has 1 amide bonds. The highest BCUT2D eigenvalue weighted by Crippen LogP contribution is 2.18. The number of nitrogens with zero attached hydrogens (tertiary/aromatic N) is 3. The van der Waals surface area contributed by atoms with Crippen LogP contribution in [0, 0.1) is 0 Å². The van der Waals surface area contributed by atoms with Gasteiger partial charge in [0, 0.05) is 12.7 Å². The lowest BCUT2D eigenvalue weighted by atomic mass is 10.1. The summed E-state index contributed by atoms with van der Waals surface area (Å²) in [7, 11) is -3.33. The Morgan fingerprint density at radius 3 is 2.68 bits per heavy atom. The minimum atomic E-state index is -3.33. The summed E-state index contributed by atoms with van der Waals surface area (Å²) in [6.45, 7) is 3.03. The van der Waals surface area contributed by atoms with Gasteiger partial charge in [0.2, 0.25) is 15.9 Å². The lowest BCUT2D eigenvalue weighted by molar-refractivity contribution is -0.146. The first kappa shape index (κ1) is 16.4. The van der Waals surface area contributed by atoms with E-state index in [0.29, 0.717) is 18.7 Å². The van der Waals surface area contributed by atoms with Crippen LogP contribution in [0.15, 0.2) is 12.4 Å². The van der Waals surface area contributed by atoms with E-state index in [2.05, 4.69) is 10.4 Å². The Morgan fingerprint density at radius 2 is 2.14 bits per heavy atom. The summed E-state index contributed by atoms with van der Waals surface area (Å²) in [5.41, 5.74) is -0.933. The molecule has 0 bridgehead atoms. The maximum atomic E-state index is 11.9. The normalized spacial score (nSPS) is 18.3. The lowest BCUT2D eigenvalue weighted by Gasteiger charge is -2.19. The highest BCUT2D eigenvalue weighted by molar-refractivity contribution is 7.89. The summed E-state index contributed by atoms with van der Waals surface area (Å²) in [5.74, 6) is -1.49. The predicted molar refractivity (Wildman–Crippen MR) is 77.8 cm³/mol. The summed E-state index contributed by atoms with van der Waals surface area (Å²) in [6, 6.07) is 0. The molecule has 1 aliphatic heterocycles. The van der Waals surface area contributed by atoms with Crippen molar-refractivity contribution < 1.29 is 23.1 Å². The number of nitrogens with one attached hydrogen (secondary N) is 1. The van der Waals surface area contributed by atoms with Gasteiger partial charge in [-0.25, -0.2) is 13.2 Å². The molecule has 0 radical (unpaired) electrons. The van der Waals surface area contributed by atoms with Gasteiger partial charge in [0.25, 0.3) is 0 Å². The molecular formula is C12H18N4O5S. The molecule has 1 fully saturated rings. The van der Waals surface area contributed by atoms with Gasteiger partial charge >= 0.3 is 5.97 Å². The largest absolute Gasteiger partial charge is 0.479 e. The Hall–Kier alpha value is -1.94. The third-order valence-corrected chi connectivity index (χ3v) is 5.39. The number of carbonyl (C=O) groups is 2. The second-order valence-corrected chi connectivity index (χ2v) is 7.68. The van der Waals surface area contributed by atoms with E-state index in [9.17, 15) is 18.0 Å². The zero-order valence-electron chi connectivity index (χ0n) is 12.3. The highest BCUT2D eigenvalue weighted by atomic mass is 32.2.